The van der Waals surface area contributed by atoms with E-state index in [0.717, 1.165) is 12.3 Å². The number of nitrogens with zero attached hydrogens (tertiary/aromatic N) is 2. The standard InChI is InChI=1S/C15H14F5N3O2/c1-2-24-11-7-9(3-4-10(11)25-13(16)17)8-22-14-21-6-5-12(23-14)15(18,19)20/h3-7,13H,2,8H2,1H3,(H,21,22,23). The third kappa shape index (κ3) is 5.44. The van der Waals surface area contributed by atoms with Gasteiger partial charge < -0.3 is 14.8 Å². The largest absolute Gasteiger partial charge is 0.490 e. The molecule has 0 aliphatic rings. The lowest BCUT2D eigenvalue weighted by atomic mass is 10.2. The summed E-state index contributed by atoms with van der Waals surface area (Å²) in [5.41, 5.74) is -0.508. The van der Waals surface area contributed by atoms with Crippen molar-refractivity contribution in [3.8, 4) is 11.5 Å². The summed E-state index contributed by atoms with van der Waals surface area (Å²) in [5, 5.41) is 2.64. The Balaban J connectivity index is 2.11. The van der Waals surface area contributed by atoms with Crippen LogP contribution in [-0.4, -0.2) is 23.2 Å². The molecule has 136 valence electrons. The maximum Gasteiger partial charge on any atom is 0.433 e. The minimum Gasteiger partial charge on any atom is -0.490 e. The molecule has 1 aromatic heterocycles. The molecular formula is C15H14F5N3O2. The number of hydrogen-bond acceptors (Lipinski definition) is 5. The Kier molecular flexibility index (Phi) is 5.94. The summed E-state index contributed by atoms with van der Waals surface area (Å²) in [6.45, 7) is -1.03. The lowest BCUT2D eigenvalue weighted by molar-refractivity contribution is -0.141. The van der Waals surface area contributed by atoms with Crippen LogP contribution in [0.15, 0.2) is 30.5 Å². The number of anilines is 1. The fourth-order valence-electron chi connectivity index (χ4n) is 1.91. The van der Waals surface area contributed by atoms with Gasteiger partial charge in [-0.05, 0) is 30.7 Å². The highest BCUT2D eigenvalue weighted by Gasteiger charge is 2.32. The number of hydrogen-bond donors (Lipinski definition) is 1. The van der Waals surface area contributed by atoms with Gasteiger partial charge in [-0.3, -0.25) is 0 Å². The molecule has 0 aliphatic carbocycles. The van der Waals surface area contributed by atoms with Gasteiger partial charge in [-0.15, -0.1) is 0 Å². The average Bonchev–Trinajstić information content (AvgIpc) is 2.54. The van der Waals surface area contributed by atoms with E-state index < -0.39 is 18.5 Å². The van der Waals surface area contributed by atoms with Crippen LogP contribution >= 0.6 is 0 Å². The molecule has 1 aromatic carbocycles. The molecule has 1 heterocycles. The van der Waals surface area contributed by atoms with Crippen molar-refractivity contribution in [1.82, 2.24) is 9.97 Å². The molecule has 0 aliphatic heterocycles. The number of nitrogens with one attached hydrogen (secondary N) is 1. The van der Waals surface area contributed by atoms with Crippen LogP contribution in [0, 0.1) is 0 Å². The van der Waals surface area contributed by atoms with Crippen molar-refractivity contribution in [2.24, 2.45) is 0 Å². The van der Waals surface area contributed by atoms with Gasteiger partial charge >= 0.3 is 12.8 Å². The predicted octanol–water partition coefficient (Wildman–Crippen LogP) is 4.11. The smallest absolute Gasteiger partial charge is 0.433 e. The molecule has 2 aromatic rings. The minimum absolute atomic E-state index is 0.0658. The molecule has 1 N–H and O–H groups in total. The zero-order valence-electron chi connectivity index (χ0n) is 13.0. The highest BCUT2D eigenvalue weighted by Crippen LogP contribution is 2.30. The van der Waals surface area contributed by atoms with Gasteiger partial charge in [-0.2, -0.15) is 22.0 Å². The van der Waals surface area contributed by atoms with Gasteiger partial charge in [-0.1, -0.05) is 6.07 Å². The Morgan fingerprint density at radius 3 is 2.56 bits per heavy atom. The van der Waals surface area contributed by atoms with Crippen molar-refractivity contribution < 1.29 is 31.4 Å². The molecule has 0 unspecified atom stereocenters. The second-order valence-corrected chi connectivity index (χ2v) is 4.71. The van der Waals surface area contributed by atoms with Crippen LogP contribution in [0.5, 0.6) is 11.5 Å². The zero-order chi connectivity index (χ0) is 18.4. The molecule has 0 fully saturated rings. The number of aromatic nitrogens is 2. The van der Waals surface area contributed by atoms with E-state index in [1.54, 1.807) is 6.92 Å². The topological polar surface area (TPSA) is 56.3 Å². The third-order valence-electron chi connectivity index (χ3n) is 2.92. The summed E-state index contributed by atoms with van der Waals surface area (Å²) in [6, 6.07) is 4.97. The lowest BCUT2D eigenvalue weighted by Gasteiger charge is -2.13. The molecule has 0 saturated carbocycles. The van der Waals surface area contributed by atoms with Crippen LogP contribution in [0.25, 0.3) is 0 Å². The summed E-state index contributed by atoms with van der Waals surface area (Å²) in [7, 11) is 0. The number of halogens is 5. The van der Waals surface area contributed by atoms with Crippen molar-refractivity contribution in [3.63, 3.8) is 0 Å². The number of alkyl halides is 5. The molecule has 0 spiro atoms. The molecule has 0 radical (unpaired) electrons. The van der Waals surface area contributed by atoms with E-state index in [4.69, 9.17) is 4.74 Å². The van der Waals surface area contributed by atoms with Gasteiger partial charge in [0.25, 0.3) is 0 Å². The molecule has 0 atom stereocenters. The minimum atomic E-state index is -4.57. The van der Waals surface area contributed by atoms with Crippen molar-refractivity contribution in [1.29, 1.82) is 0 Å². The first-order chi connectivity index (χ1) is 11.8. The molecule has 0 saturated heterocycles. The maximum absolute atomic E-state index is 12.6. The van der Waals surface area contributed by atoms with Crippen LogP contribution < -0.4 is 14.8 Å². The molecular weight excluding hydrogens is 349 g/mol. The monoisotopic (exact) mass is 363 g/mol. The fourth-order valence-corrected chi connectivity index (χ4v) is 1.91. The lowest BCUT2D eigenvalue weighted by Crippen LogP contribution is -2.11. The fraction of sp³-hybridized carbons (Fsp3) is 0.333. The van der Waals surface area contributed by atoms with Gasteiger partial charge in [0.1, 0.15) is 5.69 Å². The van der Waals surface area contributed by atoms with E-state index in [1.165, 1.54) is 18.2 Å². The Hall–Kier alpha value is -2.65. The summed E-state index contributed by atoms with van der Waals surface area (Å²) >= 11 is 0. The Bertz CT molecular complexity index is 710. The summed E-state index contributed by atoms with van der Waals surface area (Å²) in [5.74, 6) is -0.233. The van der Waals surface area contributed by atoms with Crippen LogP contribution in [0.2, 0.25) is 0 Å². The van der Waals surface area contributed by atoms with Crippen molar-refractivity contribution in [3.05, 3.63) is 41.7 Å². The maximum atomic E-state index is 12.6. The Labute approximate surface area is 139 Å². The first kappa shape index (κ1) is 18.7. The Morgan fingerprint density at radius 2 is 1.92 bits per heavy atom. The van der Waals surface area contributed by atoms with E-state index in [0.29, 0.717) is 5.56 Å². The van der Waals surface area contributed by atoms with Gasteiger partial charge in [-0.25, -0.2) is 9.97 Å². The number of benzene rings is 1. The van der Waals surface area contributed by atoms with E-state index in [9.17, 15) is 22.0 Å². The van der Waals surface area contributed by atoms with Crippen LogP contribution in [0.3, 0.4) is 0 Å². The van der Waals surface area contributed by atoms with E-state index in [-0.39, 0.29) is 30.6 Å². The molecule has 10 heteroatoms. The van der Waals surface area contributed by atoms with Crippen LogP contribution in [0.4, 0.5) is 27.9 Å². The Morgan fingerprint density at radius 1 is 1.16 bits per heavy atom. The summed E-state index contributed by atoms with van der Waals surface area (Å²) in [6.07, 6.45) is -3.58. The normalized spacial score (nSPS) is 11.5. The summed E-state index contributed by atoms with van der Waals surface area (Å²) < 4.78 is 72.1. The molecule has 5 nitrogen and oxygen atoms in total. The predicted molar refractivity (Wildman–Crippen MR) is 78.6 cm³/mol. The highest BCUT2D eigenvalue weighted by atomic mass is 19.4. The molecule has 2 rings (SSSR count). The van der Waals surface area contributed by atoms with E-state index in [1.807, 2.05) is 0 Å². The van der Waals surface area contributed by atoms with Crippen molar-refractivity contribution in [2.45, 2.75) is 26.3 Å². The SMILES string of the molecule is CCOc1cc(CNc2nccc(C(F)(F)F)n2)ccc1OC(F)F. The van der Waals surface area contributed by atoms with Crippen LogP contribution in [0.1, 0.15) is 18.2 Å². The zero-order valence-corrected chi connectivity index (χ0v) is 13.0. The first-order valence-electron chi connectivity index (χ1n) is 7.14. The number of ether oxygens (including phenoxy) is 2. The van der Waals surface area contributed by atoms with Gasteiger partial charge in [0.05, 0.1) is 6.61 Å². The first-order valence-corrected chi connectivity index (χ1v) is 7.14. The summed E-state index contributed by atoms with van der Waals surface area (Å²) in [4.78, 5) is 7.08. The quantitative estimate of drug-likeness (QED) is 0.751. The van der Waals surface area contributed by atoms with E-state index >= 15 is 0 Å². The molecule has 0 amide bonds. The second kappa shape index (κ2) is 7.95. The number of rotatable bonds is 7. The van der Waals surface area contributed by atoms with Crippen LogP contribution in [-0.2, 0) is 12.7 Å². The van der Waals surface area contributed by atoms with E-state index in [2.05, 4.69) is 20.0 Å². The second-order valence-electron chi connectivity index (χ2n) is 4.71. The van der Waals surface area contributed by atoms with Crippen molar-refractivity contribution >= 4 is 5.95 Å². The van der Waals surface area contributed by atoms with Gasteiger partial charge in [0.2, 0.25) is 5.95 Å². The molecule has 25 heavy (non-hydrogen) atoms. The van der Waals surface area contributed by atoms with Crippen molar-refractivity contribution in [2.75, 3.05) is 11.9 Å². The average molecular weight is 363 g/mol. The molecule has 0 bridgehead atoms. The third-order valence-corrected chi connectivity index (χ3v) is 2.92. The highest BCUT2D eigenvalue weighted by molar-refractivity contribution is 5.44. The van der Waals surface area contributed by atoms with Gasteiger partial charge in [0, 0.05) is 12.7 Å². The van der Waals surface area contributed by atoms with Gasteiger partial charge in [0.15, 0.2) is 11.5 Å².